The monoisotopic (exact) mass is 451 g/mol. The molecule has 0 N–H and O–H groups in total. The first-order chi connectivity index (χ1) is 16.0. The molecule has 0 saturated heterocycles. The van der Waals surface area contributed by atoms with Crippen molar-refractivity contribution in [1.82, 2.24) is 4.90 Å². The molecule has 3 rings (SSSR count). The van der Waals surface area contributed by atoms with Crippen LogP contribution in [0.2, 0.25) is 0 Å². The van der Waals surface area contributed by atoms with Gasteiger partial charge in [0.25, 0.3) is 0 Å². The lowest BCUT2D eigenvalue weighted by atomic mass is 9.76. The van der Waals surface area contributed by atoms with Crippen molar-refractivity contribution in [2.75, 3.05) is 20.2 Å². The van der Waals surface area contributed by atoms with Gasteiger partial charge in [-0.05, 0) is 61.7 Å². The van der Waals surface area contributed by atoms with E-state index in [2.05, 4.69) is 43.0 Å². The normalized spacial score (nSPS) is 22.5. The smallest absolute Gasteiger partial charge is 0.154 e. The Kier molecular flexibility index (Phi) is 9.68. The van der Waals surface area contributed by atoms with Gasteiger partial charge in [0.15, 0.2) is 5.78 Å². The molecule has 1 heterocycles. The van der Waals surface area contributed by atoms with Gasteiger partial charge in [0.05, 0.1) is 13.2 Å². The van der Waals surface area contributed by atoms with E-state index < -0.39 is 0 Å². The summed E-state index contributed by atoms with van der Waals surface area (Å²) < 4.78 is 18.8. The van der Waals surface area contributed by atoms with Crippen LogP contribution < -0.4 is 4.74 Å². The summed E-state index contributed by atoms with van der Waals surface area (Å²) in [7, 11) is 1.66. The van der Waals surface area contributed by atoms with Crippen LogP contribution >= 0.6 is 0 Å². The van der Waals surface area contributed by atoms with Crippen LogP contribution in [-0.2, 0) is 11.2 Å². The highest BCUT2D eigenvalue weighted by Crippen LogP contribution is 2.34. The molecule has 2 aromatic carbocycles. The molecule has 33 heavy (non-hydrogen) atoms. The van der Waals surface area contributed by atoms with Crippen LogP contribution in [0.1, 0.15) is 63.0 Å². The van der Waals surface area contributed by atoms with Crippen molar-refractivity contribution in [3.8, 4) is 5.75 Å². The summed E-state index contributed by atoms with van der Waals surface area (Å²) in [4.78, 5) is 16.2. The van der Waals surface area contributed by atoms with Gasteiger partial charge in [0.1, 0.15) is 11.6 Å². The quantitative estimate of drug-likeness (QED) is 0.302. The minimum absolute atomic E-state index is 0.0254. The second-order valence-corrected chi connectivity index (χ2v) is 9.15. The van der Waals surface area contributed by atoms with Crippen LogP contribution in [0.4, 0.5) is 4.39 Å². The van der Waals surface area contributed by atoms with Crippen molar-refractivity contribution >= 4 is 5.78 Å². The molecule has 178 valence electrons. The van der Waals surface area contributed by atoms with Gasteiger partial charge < -0.3 is 4.74 Å². The van der Waals surface area contributed by atoms with E-state index in [1.54, 1.807) is 19.2 Å². The molecule has 3 atom stereocenters. The number of rotatable bonds is 10. The van der Waals surface area contributed by atoms with Crippen LogP contribution in [-0.4, -0.2) is 36.9 Å². The Hall–Kier alpha value is -2.46. The number of nitrogens with zero attached hydrogens (tertiary/aromatic N) is 1. The van der Waals surface area contributed by atoms with Crippen LogP contribution in [0.25, 0.3) is 0 Å². The van der Waals surface area contributed by atoms with E-state index in [4.69, 9.17) is 4.74 Å². The summed E-state index contributed by atoms with van der Waals surface area (Å²) in [6.07, 6.45) is 11.1. The van der Waals surface area contributed by atoms with E-state index in [1.165, 1.54) is 37.8 Å². The first-order valence-corrected chi connectivity index (χ1v) is 12.4. The second kappa shape index (κ2) is 12.7. The zero-order valence-corrected chi connectivity index (χ0v) is 20.3. The number of benzene rings is 2. The van der Waals surface area contributed by atoms with E-state index in [1.807, 2.05) is 12.1 Å². The maximum atomic E-state index is 13.8. The number of methoxy groups -OCH3 is 1. The number of halogens is 1. The molecule has 0 bridgehead atoms. The lowest BCUT2D eigenvalue weighted by Gasteiger charge is -2.35. The average molecular weight is 452 g/mol. The summed E-state index contributed by atoms with van der Waals surface area (Å²) >= 11 is 0. The minimum Gasteiger partial charge on any atom is -0.497 e. The first-order valence-electron chi connectivity index (χ1n) is 12.4. The summed E-state index contributed by atoms with van der Waals surface area (Å²) in [5.41, 5.74) is 2.09. The number of unbranched alkanes of at least 4 members (excludes halogenated alkanes) is 4. The predicted molar refractivity (Wildman–Crippen MR) is 133 cm³/mol. The van der Waals surface area contributed by atoms with Crippen molar-refractivity contribution in [1.29, 1.82) is 0 Å². The predicted octanol–water partition coefficient (Wildman–Crippen LogP) is 6.58. The SMILES string of the molecule is CCCCCCCN1C/C=C\[C@@H](c2ccc(OC)cc2)[C@H](Cc2ccc(F)cc2)C(=O)[C@@H]1C. The number of hydrogen-bond donors (Lipinski definition) is 0. The number of Topliss-reactive ketones (excluding diaryl/α,β-unsaturated/α-hetero) is 1. The average Bonchev–Trinajstić information content (AvgIpc) is 2.84. The standard InChI is InChI=1S/C29H38FNO2/c1-4-5-6-7-8-19-31-20-9-10-27(24-13-17-26(33-3)18-14-24)28(29(32)22(31)2)21-23-11-15-25(30)16-12-23/h9-18,22,27-28H,4-8,19-21H2,1-3H3/b10-9-/t22-,27-,28-/m0/s1. The molecule has 0 spiro atoms. The maximum absolute atomic E-state index is 13.8. The molecule has 0 aliphatic carbocycles. The lowest BCUT2D eigenvalue weighted by Crippen LogP contribution is -2.45. The van der Waals surface area contributed by atoms with E-state index in [-0.39, 0.29) is 29.5 Å². The lowest BCUT2D eigenvalue weighted by molar-refractivity contribution is -0.128. The molecule has 0 unspecified atom stereocenters. The molecular formula is C29H38FNO2. The van der Waals surface area contributed by atoms with Crippen LogP contribution in [0.5, 0.6) is 5.75 Å². The fourth-order valence-corrected chi connectivity index (χ4v) is 4.78. The van der Waals surface area contributed by atoms with Gasteiger partial charge in [-0.15, -0.1) is 0 Å². The number of hydrogen-bond acceptors (Lipinski definition) is 3. The van der Waals surface area contributed by atoms with Crippen molar-refractivity contribution in [2.24, 2.45) is 5.92 Å². The first kappa shape index (κ1) is 25.2. The third-order valence-electron chi connectivity index (χ3n) is 6.86. The Labute approximate surface area is 198 Å². The highest BCUT2D eigenvalue weighted by atomic mass is 19.1. The Morgan fingerprint density at radius 2 is 1.70 bits per heavy atom. The Morgan fingerprint density at radius 3 is 2.36 bits per heavy atom. The van der Waals surface area contributed by atoms with Crippen molar-refractivity contribution in [2.45, 2.75) is 64.3 Å². The highest BCUT2D eigenvalue weighted by molar-refractivity contribution is 5.87. The molecule has 2 aromatic rings. The van der Waals surface area contributed by atoms with Gasteiger partial charge in [-0.25, -0.2) is 4.39 Å². The van der Waals surface area contributed by atoms with Crippen molar-refractivity contribution < 1.29 is 13.9 Å². The van der Waals surface area contributed by atoms with E-state index in [0.717, 1.165) is 36.4 Å². The van der Waals surface area contributed by atoms with Gasteiger partial charge >= 0.3 is 0 Å². The molecule has 0 fully saturated rings. The Morgan fingerprint density at radius 1 is 1.00 bits per heavy atom. The minimum atomic E-state index is -0.253. The largest absolute Gasteiger partial charge is 0.497 e. The van der Waals surface area contributed by atoms with Gasteiger partial charge in [0.2, 0.25) is 0 Å². The second-order valence-electron chi connectivity index (χ2n) is 9.15. The molecule has 0 amide bonds. The third-order valence-corrected chi connectivity index (χ3v) is 6.86. The Bertz CT molecular complexity index is 891. The zero-order valence-electron chi connectivity index (χ0n) is 20.3. The third kappa shape index (κ3) is 7.01. The summed E-state index contributed by atoms with van der Waals surface area (Å²) in [6, 6.07) is 14.4. The fraction of sp³-hybridized carbons (Fsp3) is 0.483. The van der Waals surface area contributed by atoms with Gasteiger partial charge in [-0.2, -0.15) is 0 Å². The van der Waals surface area contributed by atoms with E-state index in [9.17, 15) is 9.18 Å². The van der Waals surface area contributed by atoms with Gasteiger partial charge in [0, 0.05) is 18.4 Å². The number of ether oxygens (including phenoxy) is 1. The summed E-state index contributed by atoms with van der Waals surface area (Å²) in [5, 5.41) is 0. The number of ketones is 1. The molecular weight excluding hydrogens is 413 g/mol. The maximum Gasteiger partial charge on any atom is 0.154 e. The topological polar surface area (TPSA) is 29.5 Å². The van der Waals surface area contributed by atoms with Crippen molar-refractivity contribution in [3.63, 3.8) is 0 Å². The van der Waals surface area contributed by atoms with Crippen LogP contribution in [0, 0.1) is 11.7 Å². The van der Waals surface area contributed by atoms with Crippen molar-refractivity contribution in [3.05, 3.63) is 77.6 Å². The number of carbonyl (C=O) groups excluding carboxylic acids is 1. The van der Waals surface area contributed by atoms with Gasteiger partial charge in [-0.1, -0.05) is 69.0 Å². The molecule has 0 saturated carbocycles. The fourth-order valence-electron chi connectivity index (χ4n) is 4.78. The molecule has 0 radical (unpaired) electrons. The molecule has 0 aromatic heterocycles. The van der Waals surface area contributed by atoms with Crippen LogP contribution in [0.15, 0.2) is 60.7 Å². The van der Waals surface area contributed by atoms with Crippen LogP contribution in [0.3, 0.4) is 0 Å². The highest BCUT2D eigenvalue weighted by Gasteiger charge is 2.34. The molecule has 3 nitrogen and oxygen atoms in total. The number of allylic oxidation sites excluding steroid dienone is 1. The van der Waals surface area contributed by atoms with E-state index in [0.29, 0.717) is 6.42 Å². The number of carbonyl (C=O) groups is 1. The molecule has 1 aliphatic heterocycles. The molecule has 4 heteroatoms. The Balaban J connectivity index is 1.85. The summed E-state index contributed by atoms with van der Waals surface area (Å²) in [6.45, 7) is 6.01. The summed E-state index contributed by atoms with van der Waals surface area (Å²) in [5.74, 6) is 0.577. The van der Waals surface area contributed by atoms with Gasteiger partial charge in [-0.3, -0.25) is 9.69 Å². The van der Waals surface area contributed by atoms with E-state index >= 15 is 0 Å². The zero-order chi connectivity index (χ0) is 23.6. The molecule has 1 aliphatic rings.